The van der Waals surface area contributed by atoms with Gasteiger partial charge >= 0.3 is 0 Å². The minimum atomic E-state index is -0.509. The highest BCUT2D eigenvalue weighted by Gasteiger charge is 2.11. The normalized spacial score (nSPS) is 14.1. The maximum Gasteiger partial charge on any atom is 0.160 e. The smallest absolute Gasteiger partial charge is 0.160 e. The van der Waals surface area contributed by atoms with E-state index in [1.54, 1.807) is 12.1 Å². The minimum Gasteiger partial charge on any atom is -0.504 e. The Kier molecular flexibility index (Phi) is 6.67. The fraction of sp³-hybridized carbons (Fsp3) is 0.600. The summed E-state index contributed by atoms with van der Waals surface area (Å²) in [6.45, 7) is 2.01. The summed E-state index contributed by atoms with van der Waals surface area (Å²) in [5.74, 6) is 0.558. The summed E-state index contributed by atoms with van der Waals surface area (Å²) in [6, 6.07) is 5.23. The number of hydrogen-bond acceptors (Lipinski definition) is 4. The molecule has 0 heterocycles. The quantitative estimate of drug-likeness (QED) is 0.676. The summed E-state index contributed by atoms with van der Waals surface area (Å²) < 4.78 is 4.97. The van der Waals surface area contributed by atoms with Crippen LogP contribution in [-0.4, -0.2) is 34.6 Å². The van der Waals surface area contributed by atoms with Crippen LogP contribution in [0.4, 0.5) is 0 Å². The lowest BCUT2D eigenvalue weighted by molar-refractivity contribution is 0.0708. The second-order valence-corrected chi connectivity index (χ2v) is 4.88. The fourth-order valence-electron chi connectivity index (χ4n) is 2.11. The van der Waals surface area contributed by atoms with Crippen LogP contribution in [0.25, 0.3) is 0 Å². The predicted molar refractivity (Wildman–Crippen MR) is 74.5 cm³/mol. The standard InChI is InChI=1S/C15H24O4/c1-3-4-12(16)10-13(17)7-5-11-6-8-15(19-2)14(18)9-11/h6,8-9,12-13,16-18H,3-5,7,10H2,1-2H3/t12-,13+/m0/s1. The number of phenols is 1. The summed E-state index contributed by atoms with van der Waals surface area (Å²) in [4.78, 5) is 0. The van der Waals surface area contributed by atoms with Gasteiger partial charge in [0.15, 0.2) is 11.5 Å². The lowest BCUT2D eigenvalue weighted by Crippen LogP contribution is -2.18. The van der Waals surface area contributed by atoms with Crippen LogP contribution in [0.2, 0.25) is 0 Å². The van der Waals surface area contributed by atoms with E-state index >= 15 is 0 Å². The van der Waals surface area contributed by atoms with Crippen molar-refractivity contribution in [2.45, 2.75) is 51.2 Å². The molecule has 0 aliphatic carbocycles. The molecule has 1 aromatic rings. The van der Waals surface area contributed by atoms with Crippen molar-refractivity contribution in [3.8, 4) is 11.5 Å². The van der Waals surface area contributed by atoms with E-state index in [4.69, 9.17) is 4.74 Å². The molecule has 2 atom stereocenters. The molecular formula is C15H24O4. The van der Waals surface area contributed by atoms with Gasteiger partial charge in [0.1, 0.15) is 0 Å². The van der Waals surface area contributed by atoms with Crippen LogP contribution in [0.1, 0.15) is 38.2 Å². The first-order valence-electron chi connectivity index (χ1n) is 6.78. The van der Waals surface area contributed by atoms with E-state index in [-0.39, 0.29) is 5.75 Å². The van der Waals surface area contributed by atoms with Crippen LogP contribution in [0.5, 0.6) is 11.5 Å². The summed E-state index contributed by atoms with van der Waals surface area (Å²) in [6.07, 6.45) is 2.36. The summed E-state index contributed by atoms with van der Waals surface area (Å²) in [5.41, 5.74) is 0.947. The maximum atomic E-state index is 9.83. The van der Waals surface area contributed by atoms with Crippen LogP contribution in [0, 0.1) is 0 Å². The molecule has 1 aromatic carbocycles. The number of hydrogen-bond donors (Lipinski definition) is 3. The van der Waals surface area contributed by atoms with E-state index in [9.17, 15) is 15.3 Å². The number of ether oxygens (including phenoxy) is 1. The van der Waals surface area contributed by atoms with Crippen molar-refractivity contribution in [2.75, 3.05) is 7.11 Å². The predicted octanol–water partition coefficient (Wildman–Crippen LogP) is 2.25. The number of aryl methyl sites for hydroxylation is 1. The number of rotatable bonds is 8. The van der Waals surface area contributed by atoms with Crippen molar-refractivity contribution in [3.63, 3.8) is 0 Å². The third kappa shape index (κ3) is 5.49. The molecule has 0 fully saturated rings. The van der Waals surface area contributed by atoms with E-state index in [1.165, 1.54) is 7.11 Å². The first-order valence-corrected chi connectivity index (χ1v) is 6.78. The highest BCUT2D eigenvalue weighted by atomic mass is 16.5. The molecule has 3 N–H and O–H groups in total. The van der Waals surface area contributed by atoms with Crippen molar-refractivity contribution in [3.05, 3.63) is 23.8 Å². The van der Waals surface area contributed by atoms with Crippen molar-refractivity contribution in [2.24, 2.45) is 0 Å². The number of phenolic OH excluding ortho intramolecular Hbond substituents is 1. The highest BCUT2D eigenvalue weighted by Crippen LogP contribution is 2.27. The summed E-state index contributed by atoms with van der Waals surface area (Å²) >= 11 is 0. The van der Waals surface area contributed by atoms with Crippen LogP contribution < -0.4 is 4.74 Å². The molecule has 4 heteroatoms. The molecular weight excluding hydrogens is 244 g/mol. The van der Waals surface area contributed by atoms with E-state index in [0.717, 1.165) is 18.4 Å². The van der Waals surface area contributed by atoms with E-state index in [2.05, 4.69) is 0 Å². The molecule has 108 valence electrons. The van der Waals surface area contributed by atoms with Crippen molar-refractivity contribution in [1.29, 1.82) is 0 Å². The van der Waals surface area contributed by atoms with Gasteiger partial charge in [-0.3, -0.25) is 0 Å². The zero-order valence-electron chi connectivity index (χ0n) is 11.7. The minimum absolute atomic E-state index is 0.112. The van der Waals surface area contributed by atoms with Gasteiger partial charge in [0.05, 0.1) is 19.3 Å². The second-order valence-electron chi connectivity index (χ2n) is 4.88. The van der Waals surface area contributed by atoms with Gasteiger partial charge in [-0.25, -0.2) is 0 Å². The third-order valence-electron chi connectivity index (χ3n) is 3.18. The molecule has 0 saturated heterocycles. The molecule has 1 rings (SSSR count). The third-order valence-corrected chi connectivity index (χ3v) is 3.18. The molecule has 0 radical (unpaired) electrons. The molecule has 0 unspecified atom stereocenters. The second kappa shape index (κ2) is 8.02. The molecule has 4 nitrogen and oxygen atoms in total. The highest BCUT2D eigenvalue weighted by molar-refractivity contribution is 5.41. The lowest BCUT2D eigenvalue weighted by Gasteiger charge is -2.15. The lowest BCUT2D eigenvalue weighted by atomic mass is 10.0. The van der Waals surface area contributed by atoms with Crippen molar-refractivity contribution >= 4 is 0 Å². The first kappa shape index (κ1) is 15.8. The van der Waals surface area contributed by atoms with Gasteiger partial charge in [-0.1, -0.05) is 19.4 Å². The molecule has 0 aliphatic heterocycles. The van der Waals surface area contributed by atoms with Crippen molar-refractivity contribution in [1.82, 2.24) is 0 Å². The molecule has 0 spiro atoms. The monoisotopic (exact) mass is 268 g/mol. The largest absolute Gasteiger partial charge is 0.504 e. The van der Waals surface area contributed by atoms with Crippen LogP contribution in [-0.2, 0) is 6.42 Å². The van der Waals surface area contributed by atoms with Gasteiger partial charge in [0.2, 0.25) is 0 Å². The van der Waals surface area contributed by atoms with Gasteiger partial charge in [-0.15, -0.1) is 0 Å². The molecule has 0 aromatic heterocycles. The number of aromatic hydroxyl groups is 1. The first-order chi connectivity index (χ1) is 9.06. The van der Waals surface area contributed by atoms with Gasteiger partial charge in [0, 0.05) is 0 Å². The number of aliphatic hydroxyl groups excluding tert-OH is 2. The Morgan fingerprint density at radius 1 is 1.16 bits per heavy atom. The van der Waals surface area contributed by atoms with Crippen LogP contribution in [0.3, 0.4) is 0 Å². The average Bonchev–Trinajstić information content (AvgIpc) is 2.36. The summed E-state index contributed by atoms with van der Waals surface area (Å²) in [5, 5.41) is 29.1. The maximum absolute atomic E-state index is 9.83. The molecule has 0 amide bonds. The summed E-state index contributed by atoms with van der Waals surface area (Å²) in [7, 11) is 1.51. The molecule has 0 bridgehead atoms. The topological polar surface area (TPSA) is 69.9 Å². The van der Waals surface area contributed by atoms with Crippen LogP contribution >= 0.6 is 0 Å². The molecule has 19 heavy (non-hydrogen) atoms. The Balaban J connectivity index is 2.41. The number of methoxy groups -OCH3 is 1. The fourth-order valence-corrected chi connectivity index (χ4v) is 2.11. The van der Waals surface area contributed by atoms with Gasteiger partial charge in [-0.05, 0) is 43.4 Å². The Morgan fingerprint density at radius 3 is 2.42 bits per heavy atom. The Labute approximate surface area is 114 Å². The molecule has 0 aliphatic rings. The Bertz CT molecular complexity index is 378. The van der Waals surface area contributed by atoms with Gasteiger partial charge in [0.25, 0.3) is 0 Å². The van der Waals surface area contributed by atoms with Gasteiger partial charge in [-0.2, -0.15) is 0 Å². The van der Waals surface area contributed by atoms with E-state index in [1.807, 2.05) is 13.0 Å². The Hall–Kier alpha value is -1.26. The molecule has 0 saturated carbocycles. The van der Waals surface area contributed by atoms with E-state index < -0.39 is 12.2 Å². The van der Waals surface area contributed by atoms with Gasteiger partial charge < -0.3 is 20.1 Å². The average molecular weight is 268 g/mol. The Morgan fingerprint density at radius 2 is 1.84 bits per heavy atom. The zero-order chi connectivity index (χ0) is 14.3. The zero-order valence-corrected chi connectivity index (χ0v) is 11.7. The van der Waals surface area contributed by atoms with E-state index in [0.29, 0.717) is 25.0 Å². The van der Waals surface area contributed by atoms with Crippen molar-refractivity contribution < 1.29 is 20.1 Å². The SMILES string of the molecule is CCC[C@H](O)C[C@H](O)CCc1ccc(OC)c(O)c1. The number of benzene rings is 1. The van der Waals surface area contributed by atoms with Crippen LogP contribution in [0.15, 0.2) is 18.2 Å². The number of aliphatic hydroxyl groups is 2.